The molecule has 3 N–H and O–H groups in total. The third-order valence-corrected chi connectivity index (χ3v) is 5.80. The average molecular weight is 355 g/mol. The lowest BCUT2D eigenvalue weighted by Gasteiger charge is -2.07. The van der Waals surface area contributed by atoms with Gasteiger partial charge < -0.3 is 10.2 Å². The van der Waals surface area contributed by atoms with Crippen molar-refractivity contribution in [3.63, 3.8) is 0 Å². The van der Waals surface area contributed by atoms with Crippen LogP contribution in [0.15, 0.2) is 29.2 Å². The number of nitrogens with one attached hydrogen (secondary N) is 1. The normalized spacial score (nSPS) is 11.2. The molecule has 0 atom stereocenters. The van der Waals surface area contributed by atoms with Crippen LogP contribution in [0.2, 0.25) is 0 Å². The Morgan fingerprint density at radius 3 is 2.09 bits per heavy atom. The van der Waals surface area contributed by atoms with Crippen LogP contribution in [0.4, 0.5) is 5.00 Å². The molecule has 122 valence electrons. The summed E-state index contributed by atoms with van der Waals surface area (Å²) in [5.74, 6) is -2.70. The maximum atomic E-state index is 12.3. The number of carboxylic acids is 2. The van der Waals surface area contributed by atoms with Crippen molar-refractivity contribution in [1.82, 2.24) is 0 Å². The number of hydrogen-bond acceptors (Lipinski definition) is 5. The van der Waals surface area contributed by atoms with E-state index in [9.17, 15) is 23.1 Å². The molecule has 0 aliphatic carbocycles. The van der Waals surface area contributed by atoms with Gasteiger partial charge >= 0.3 is 11.9 Å². The Labute approximate surface area is 136 Å². The Morgan fingerprint density at radius 1 is 1.04 bits per heavy atom. The van der Waals surface area contributed by atoms with Crippen molar-refractivity contribution in [2.45, 2.75) is 18.7 Å². The first-order valence-electron chi connectivity index (χ1n) is 6.33. The van der Waals surface area contributed by atoms with E-state index in [0.717, 1.165) is 5.56 Å². The quantitative estimate of drug-likeness (QED) is 0.758. The van der Waals surface area contributed by atoms with Gasteiger partial charge in [-0.3, -0.25) is 4.72 Å². The highest BCUT2D eigenvalue weighted by atomic mass is 32.2. The number of benzene rings is 1. The second kappa shape index (κ2) is 6.01. The van der Waals surface area contributed by atoms with Crippen molar-refractivity contribution in [3.8, 4) is 0 Å². The Hall–Kier alpha value is -2.39. The van der Waals surface area contributed by atoms with Crippen molar-refractivity contribution in [1.29, 1.82) is 0 Å². The lowest BCUT2D eigenvalue weighted by atomic mass is 10.1. The van der Waals surface area contributed by atoms with Gasteiger partial charge in [-0.2, -0.15) is 0 Å². The molecule has 0 bridgehead atoms. The van der Waals surface area contributed by atoms with E-state index < -0.39 is 22.0 Å². The molecule has 0 saturated carbocycles. The zero-order valence-corrected chi connectivity index (χ0v) is 13.8. The summed E-state index contributed by atoms with van der Waals surface area (Å²) in [6.45, 7) is 3.13. The zero-order chi connectivity index (χ0) is 17.4. The van der Waals surface area contributed by atoms with Crippen LogP contribution in [0.1, 0.15) is 31.2 Å². The van der Waals surface area contributed by atoms with Gasteiger partial charge in [-0.1, -0.05) is 17.7 Å². The van der Waals surface area contributed by atoms with E-state index >= 15 is 0 Å². The molecule has 0 radical (unpaired) electrons. The van der Waals surface area contributed by atoms with E-state index in [1.807, 2.05) is 0 Å². The molecule has 0 unspecified atom stereocenters. The third-order valence-electron chi connectivity index (χ3n) is 3.11. The minimum atomic E-state index is -4.01. The van der Waals surface area contributed by atoms with E-state index in [1.54, 1.807) is 19.1 Å². The second-order valence-electron chi connectivity index (χ2n) is 4.79. The van der Waals surface area contributed by atoms with Crippen LogP contribution in [-0.2, 0) is 10.0 Å². The first-order chi connectivity index (χ1) is 10.6. The number of thiophene rings is 1. The molecule has 0 saturated heterocycles. The Morgan fingerprint density at radius 2 is 1.61 bits per heavy atom. The number of anilines is 1. The highest BCUT2D eigenvalue weighted by Crippen LogP contribution is 2.34. The topological polar surface area (TPSA) is 121 Å². The molecule has 9 heteroatoms. The summed E-state index contributed by atoms with van der Waals surface area (Å²) in [6.07, 6.45) is 0. The summed E-state index contributed by atoms with van der Waals surface area (Å²) in [5.41, 5.74) is 0.523. The summed E-state index contributed by atoms with van der Waals surface area (Å²) in [6, 6.07) is 5.98. The Balaban J connectivity index is 2.51. The van der Waals surface area contributed by atoms with Gasteiger partial charge in [0, 0.05) is 0 Å². The summed E-state index contributed by atoms with van der Waals surface area (Å²) in [7, 11) is -4.01. The van der Waals surface area contributed by atoms with Crippen LogP contribution in [0, 0.1) is 13.8 Å². The van der Waals surface area contributed by atoms with Crippen molar-refractivity contribution in [2.75, 3.05) is 4.72 Å². The van der Waals surface area contributed by atoms with Gasteiger partial charge in [0.05, 0.1) is 10.5 Å². The number of carboxylic acid groups (broad SMARTS) is 2. The first kappa shape index (κ1) is 17.0. The Kier molecular flexibility index (Phi) is 4.44. The second-order valence-corrected chi connectivity index (χ2v) is 7.49. The standard InChI is InChI=1S/C14H13NO6S2/c1-7-3-5-9(6-4-7)23(20,21)15-12-10(13(16)17)8(2)11(22-12)14(18)19/h3-6,15H,1-2H3,(H,16,17)(H,18,19). The van der Waals surface area contributed by atoms with Gasteiger partial charge in [0.15, 0.2) is 0 Å². The van der Waals surface area contributed by atoms with Crippen LogP contribution in [-0.4, -0.2) is 30.6 Å². The lowest BCUT2D eigenvalue weighted by molar-refractivity contribution is 0.0696. The van der Waals surface area contributed by atoms with E-state index in [4.69, 9.17) is 5.11 Å². The molecule has 2 rings (SSSR count). The molecule has 0 amide bonds. The zero-order valence-electron chi connectivity index (χ0n) is 12.2. The van der Waals surface area contributed by atoms with Gasteiger partial charge in [0.1, 0.15) is 9.88 Å². The van der Waals surface area contributed by atoms with E-state index in [-0.39, 0.29) is 25.9 Å². The number of carbonyl (C=O) groups is 2. The molecule has 0 fully saturated rings. The number of aromatic carboxylic acids is 2. The molecule has 1 heterocycles. The first-order valence-corrected chi connectivity index (χ1v) is 8.63. The molecule has 7 nitrogen and oxygen atoms in total. The molecular formula is C14H13NO6S2. The summed E-state index contributed by atoms with van der Waals surface area (Å²) in [4.78, 5) is 22.2. The fourth-order valence-corrected chi connectivity index (χ4v) is 4.29. The maximum absolute atomic E-state index is 12.3. The minimum absolute atomic E-state index is 0.0107. The molecule has 0 spiro atoms. The van der Waals surface area contributed by atoms with Crippen LogP contribution in [0.3, 0.4) is 0 Å². The molecule has 23 heavy (non-hydrogen) atoms. The number of hydrogen-bond donors (Lipinski definition) is 3. The lowest BCUT2D eigenvalue weighted by Crippen LogP contribution is -2.14. The fraction of sp³-hybridized carbons (Fsp3) is 0.143. The average Bonchev–Trinajstić information content (AvgIpc) is 2.75. The van der Waals surface area contributed by atoms with E-state index in [2.05, 4.69) is 4.72 Å². The van der Waals surface area contributed by atoms with E-state index in [1.165, 1.54) is 19.1 Å². The fourth-order valence-electron chi connectivity index (χ4n) is 1.95. The monoisotopic (exact) mass is 355 g/mol. The summed E-state index contributed by atoms with van der Waals surface area (Å²) < 4.78 is 26.8. The molecular weight excluding hydrogens is 342 g/mol. The van der Waals surface area contributed by atoms with Gasteiger partial charge in [0.25, 0.3) is 10.0 Å². The van der Waals surface area contributed by atoms with Gasteiger partial charge in [-0.05, 0) is 31.5 Å². The van der Waals surface area contributed by atoms with Crippen LogP contribution in [0.25, 0.3) is 0 Å². The molecule has 0 aliphatic rings. The number of sulfonamides is 1. The molecule has 0 aliphatic heterocycles. The van der Waals surface area contributed by atoms with Crippen molar-refractivity contribution >= 4 is 38.3 Å². The minimum Gasteiger partial charge on any atom is -0.478 e. The van der Waals surface area contributed by atoms with Crippen molar-refractivity contribution < 1.29 is 28.2 Å². The van der Waals surface area contributed by atoms with Gasteiger partial charge in [0.2, 0.25) is 0 Å². The largest absolute Gasteiger partial charge is 0.478 e. The number of aryl methyl sites for hydroxylation is 1. The van der Waals surface area contributed by atoms with Crippen LogP contribution >= 0.6 is 11.3 Å². The highest BCUT2D eigenvalue weighted by molar-refractivity contribution is 7.93. The van der Waals surface area contributed by atoms with Gasteiger partial charge in [-0.25, -0.2) is 18.0 Å². The molecule has 1 aromatic heterocycles. The molecule has 2 aromatic rings. The van der Waals surface area contributed by atoms with Crippen LogP contribution in [0.5, 0.6) is 0 Å². The smallest absolute Gasteiger partial charge is 0.346 e. The van der Waals surface area contributed by atoms with E-state index in [0.29, 0.717) is 11.3 Å². The van der Waals surface area contributed by atoms with Crippen molar-refractivity contribution in [3.05, 3.63) is 45.8 Å². The highest BCUT2D eigenvalue weighted by Gasteiger charge is 2.27. The predicted molar refractivity (Wildman–Crippen MR) is 85.0 cm³/mol. The summed E-state index contributed by atoms with van der Waals surface area (Å²) in [5, 5.41) is 18.1. The van der Waals surface area contributed by atoms with Crippen LogP contribution < -0.4 is 4.72 Å². The molecule has 1 aromatic carbocycles. The third kappa shape index (κ3) is 3.35. The SMILES string of the molecule is Cc1ccc(S(=O)(=O)Nc2sc(C(=O)O)c(C)c2C(=O)O)cc1. The summed E-state index contributed by atoms with van der Waals surface area (Å²) >= 11 is 0.577. The predicted octanol–water partition coefficient (Wildman–Crippen LogP) is 2.56. The number of rotatable bonds is 5. The maximum Gasteiger partial charge on any atom is 0.346 e. The van der Waals surface area contributed by atoms with Crippen molar-refractivity contribution in [2.24, 2.45) is 0 Å². The Bertz CT molecular complexity index is 881. The van der Waals surface area contributed by atoms with Gasteiger partial charge in [-0.15, -0.1) is 11.3 Å².